The Hall–Kier alpha value is -2.84. The first-order valence-electron chi connectivity index (χ1n) is 8.26. The number of fused-ring (bicyclic) bond motifs is 1. The summed E-state index contributed by atoms with van der Waals surface area (Å²) < 4.78 is 38.9. The Kier molecular flexibility index (Phi) is 3.93. The van der Waals surface area contributed by atoms with Crippen LogP contribution in [0.4, 0.5) is 13.2 Å². The van der Waals surface area contributed by atoms with Crippen LogP contribution in [-0.2, 0) is 17.5 Å². The van der Waals surface area contributed by atoms with Gasteiger partial charge in [-0.05, 0) is 31.0 Å². The molecule has 0 aliphatic carbocycles. The molecule has 6 nitrogen and oxygen atoms in total. The quantitative estimate of drug-likeness (QED) is 0.777. The molecule has 3 heterocycles. The lowest BCUT2D eigenvalue weighted by Gasteiger charge is -2.23. The van der Waals surface area contributed by atoms with Crippen LogP contribution in [-0.4, -0.2) is 37.1 Å². The monoisotopic (exact) mass is 363 g/mol. The topological polar surface area (TPSA) is 66.8 Å². The molecule has 4 rings (SSSR count). The maximum Gasteiger partial charge on any atom is 0.435 e. The average molecular weight is 363 g/mol. The van der Waals surface area contributed by atoms with E-state index in [9.17, 15) is 18.0 Å². The molecule has 2 aromatic heterocycles. The first kappa shape index (κ1) is 16.6. The number of carbonyl (C=O) groups excluding carboxylic acids is 1. The van der Waals surface area contributed by atoms with Crippen molar-refractivity contribution in [2.75, 3.05) is 6.54 Å². The summed E-state index contributed by atoms with van der Waals surface area (Å²) in [4.78, 5) is 22.1. The van der Waals surface area contributed by atoms with E-state index in [-0.39, 0.29) is 18.5 Å². The highest BCUT2D eigenvalue weighted by Crippen LogP contribution is 2.32. The number of alkyl halides is 3. The largest absolute Gasteiger partial charge is 0.435 e. The highest BCUT2D eigenvalue weighted by Gasteiger charge is 2.35. The first-order chi connectivity index (χ1) is 12.4. The second kappa shape index (κ2) is 6.15. The number of carbonyl (C=O) groups is 1. The van der Waals surface area contributed by atoms with E-state index in [4.69, 9.17) is 0 Å². The molecule has 0 radical (unpaired) electrons. The number of nitrogens with one attached hydrogen (secondary N) is 1. The van der Waals surface area contributed by atoms with Gasteiger partial charge >= 0.3 is 6.18 Å². The number of aromatic amines is 1. The average Bonchev–Trinajstić information content (AvgIpc) is 3.32. The third kappa shape index (κ3) is 3.04. The van der Waals surface area contributed by atoms with Crippen molar-refractivity contribution in [3.8, 4) is 0 Å². The van der Waals surface area contributed by atoms with Gasteiger partial charge in [0.25, 0.3) is 0 Å². The van der Waals surface area contributed by atoms with Gasteiger partial charge in [-0.1, -0.05) is 12.1 Å². The van der Waals surface area contributed by atoms with Crippen molar-refractivity contribution in [3.05, 3.63) is 48.0 Å². The van der Waals surface area contributed by atoms with Crippen molar-refractivity contribution in [3.63, 3.8) is 0 Å². The molecule has 1 amide bonds. The van der Waals surface area contributed by atoms with Crippen LogP contribution < -0.4 is 0 Å². The molecule has 0 bridgehead atoms. The summed E-state index contributed by atoms with van der Waals surface area (Å²) in [5.41, 5.74) is 0.716. The minimum atomic E-state index is -4.52. The fourth-order valence-electron chi connectivity index (χ4n) is 3.31. The van der Waals surface area contributed by atoms with Crippen LogP contribution in [0.25, 0.3) is 11.0 Å². The lowest BCUT2D eigenvalue weighted by molar-refractivity contribution is -0.142. The van der Waals surface area contributed by atoms with Crippen LogP contribution in [0.2, 0.25) is 0 Å². The minimum Gasteiger partial charge on any atom is -0.340 e. The predicted molar refractivity (Wildman–Crippen MR) is 87.0 cm³/mol. The van der Waals surface area contributed by atoms with Crippen molar-refractivity contribution in [2.24, 2.45) is 0 Å². The molecule has 0 saturated carbocycles. The zero-order chi connectivity index (χ0) is 18.3. The molecular weight excluding hydrogens is 347 g/mol. The maximum atomic E-state index is 12.6. The van der Waals surface area contributed by atoms with Gasteiger partial charge in [0.2, 0.25) is 5.91 Å². The van der Waals surface area contributed by atoms with E-state index < -0.39 is 11.9 Å². The van der Waals surface area contributed by atoms with Gasteiger partial charge < -0.3 is 9.88 Å². The van der Waals surface area contributed by atoms with Gasteiger partial charge in [0.1, 0.15) is 12.4 Å². The number of likely N-dealkylation sites (tertiary alicyclic amines) is 1. The van der Waals surface area contributed by atoms with Gasteiger partial charge in [0.05, 0.1) is 17.1 Å². The van der Waals surface area contributed by atoms with Crippen LogP contribution >= 0.6 is 0 Å². The fourth-order valence-corrected chi connectivity index (χ4v) is 3.31. The number of imidazole rings is 1. The van der Waals surface area contributed by atoms with Crippen molar-refractivity contribution in [1.29, 1.82) is 0 Å². The van der Waals surface area contributed by atoms with Gasteiger partial charge in [-0.25, -0.2) is 4.98 Å². The number of hydrogen-bond acceptors (Lipinski definition) is 3. The van der Waals surface area contributed by atoms with Crippen LogP contribution in [0.1, 0.15) is 30.4 Å². The Balaban J connectivity index is 1.52. The Labute approximate surface area is 146 Å². The summed E-state index contributed by atoms with van der Waals surface area (Å²) in [6.07, 6.45) is -1.76. The Bertz CT molecular complexity index is 912. The minimum absolute atomic E-state index is 0.201. The molecule has 26 heavy (non-hydrogen) atoms. The predicted octanol–water partition coefficient (Wildman–Crippen LogP) is 3.14. The molecule has 9 heteroatoms. The summed E-state index contributed by atoms with van der Waals surface area (Å²) in [7, 11) is 0. The normalized spacial score (nSPS) is 18.0. The summed E-state index contributed by atoms with van der Waals surface area (Å²) in [6.45, 7) is 0.320. The fraction of sp³-hybridized carbons (Fsp3) is 0.353. The molecule has 1 N–H and O–H groups in total. The molecule has 1 unspecified atom stereocenters. The highest BCUT2D eigenvalue weighted by atomic mass is 19.4. The molecule has 1 saturated heterocycles. The van der Waals surface area contributed by atoms with Crippen LogP contribution in [0.5, 0.6) is 0 Å². The summed E-state index contributed by atoms with van der Waals surface area (Å²) in [5.74, 6) is 0.429. The molecule has 0 spiro atoms. The number of H-pyrrole nitrogens is 1. The Morgan fingerprint density at radius 3 is 2.81 bits per heavy atom. The van der Waals surface area contributed by atoms with Crippen molar-refractivity contribution in [2.45, 2.75) is 31.6 Å². The summed E-state index contributed by atoms with van der Waals surface area (Å²) in [6, 6.07) is 8.26. The third-order valence-corrected chi connectivity index (χ3v) is 4.52. The SMILES string of the molecule is O=C(Cn1ccc(C(F)(F)F)n1)N1CCCC1c1nc2ccccc2[nH]1. The molecule has 1 atom stereocenters. The molecule has 1 fully saturated rings. The molecule has 1 aliphatic rings. The van der Waals surface area contributed by atoms with E-state index in [1.165, 1.54) is 6.20 Å². The smallest absolute Gasteiger partial charge is 0.340 e. The van der Waals surface area contributed by atoms with Crippen LogP contribution in [0.15, 0.2) is 36.5 Å². The van der Waals surface area contributed by atoms with Gasteiger partial charge in [-0.3, -0.25) is 9.48 Å². The van der Waals surface area contributed by atoms with Gasteiger partial charge in [-0.15, -0.1) is 0 Å². The number of hydrogen-bond donors (Lipinski definition) is 1. The van der Waals surface area contributed by atoms with E-state index in [1.807, 2.05) is 24.3 Å². The van der Waals surface area contributed by atoms with E-state index in [0.717, 1.165) is 34.6 Å². The molecule has 1 aliphatic heterocycles. The van der Waals surface area contributed by atoms with E-state index >= 15 is 0 Å². The number of nitrogens with zero attached hydrogens (tertiary/aromatic N) is 4. The molecule has 3 aromatic rings. The number of halogens is 3. The van der Waals surface area contributed by atoms with Gasteiger partial charge in [0, 0.05) is 12.7 Å². The number of benzene rings is 1. The number of rotatable bonds is 3. The lowest BCUT2D eigenvalue weighted by atomic mass is 10.2. The number of para-hydroxylation sites is 2. The third-order valence-electron chi connectivity index (χ3n) is 4.52. The van der Waals surface area contributed by atoms with E-state index in [2.05, 4.69) is 15.1 Å². The van der Waals surface area contributed by atoms with Crippen LogP contribution in [0.3, 0.4) is 0 Å². The Morgan fingerprint density at radius 1 is 1.27 bits per heavy atom. The second-order valence-electron chi connectivity index (χ2n) is 6.28. The number of amides is 1. The molecular formula is C17H16F3N5O. The van der Waals surface area contributed by atoms with Crippen molar-refractivity contribution < 1.29 is 18.0 Å². The zero-order valence-electron chi connectivity index (χ0n) is 13.7. The summed E-state index contributed by atoms with van der Waals surface area (Å²) in [5, 5.41) is 3.45. The van der Waals surface area contributed by atoms with E-state index in [1.54, 1.807) is 4.90 Å². The van der Waals surface area contributed by atoms with Crippen molar-refractivity contribution in [1.82, 2.24) is 24.6 Å². The van der Waals surface area contributed by atoms with E-state index in [0.29, 0.717) is 12.4 Å². The van der Waals surface area contributed by atoms with Crippen LogP contribution in [0, 0.1) is 0 Å². The Morgan fingerprint density at radius 2 is 2.08 bits per heavy atom. The second-order valence-corrected chi connectivity index (χ2v) is 6.28. The van der Waals surface area contributed by atoms with Gasteiger partial charge in [0.15, 0.2) is 5.69 Å². The maximum absolute atomic E-state index is 12.6. The van der Waals surface area contributed by atoms with Gasteiger partial charge in [-0.2, -0.15) is 18.3 Å². The molecule has 136 valence electrons. The highest BCUT2D eigenvalue weighted by molar-refractivity contribution is 5.78. The number of aromatic nitrogens is 4. The lowest BCUT2D eigenvalue weighted by Crippen LogP contribution is -2.34. The molecule has 1 aromatic carbocycles. The first-order valence-corrected chi connectivity index (χ1v) is 8.26. The zero-order valence-corrected chi connectivity index (χ0v) is 13.7. The summed E-state index contributed by atoms with van der Waals surface area (Å²) >= 11 is 0. The standard InChI is InChI=1S/C17H16F3N5O/c18-17(19,20)14-7-9-24(23-14)10-15(26)25-8-3-6-13(25)16-21-11-4-1-2-5-12(11)22-16/h1-2,4-5,7,9,13H,3,6,8,10H2,(H,21,22). The van der Waals surface area contributed by atoms with Crippen molar-refractivity contribution >= 4 is 16.9 Å².